The van der Waals surface area contributed by atoms with Crippen LogP contribution in [0.3, 0.4) is 0 Å². The molecule has 0 fully saturated rings. The predicted molar refractivity (Wildman–Crippen MR) is 85.2 cm³/mol. The van der Waals surface area contributed by atoms with Gasteiger partial charge in [0, 0.05) is 22.3 Å². The third-order valence-corrected chi connectivity index (χ3v) is 3.94. The van der Waals surface area contributed by atoms with Crippen LogP contribution in [0.15, 0.2) is 40.9 Å². The molecule has 5 nitrogen and oxygen atoms in total. The zero-order valence-corrected chi connectivity index (χ0v) is 13.9. The van der Waals surface area contributed by atoms with Crippen LogP contribution in [0.25, 0.3) is 0 Å². The number of carbonyl (C=O) groups is 1. The van der Waals surface area contributed by atoms with Crippen molar-refractivity contribution in [3.05, 3.63) is 67.1 Å². The third-order valence-electron chi connectivity index (χ3n) is 2.94. The maximum atomic E-state index is 12.8. The van der Waals surface area contributed by atoms with E-state index in [1.165, 1.54) is 6.07 Å². The van der Waals surface area contributed by atoms with Crippen molar-refractivity contribution in [2.45, 2.75) is 6.18 Å². The minimum Gasteiger partial charge on any atom is -0.322 e. The Morgan fingerprint density at radius 3 is 2.42 bits per heavy atom. The molecular weight excluding hydrogens is 417 g/mol. The molecule has 0 spiro atoms. The van der Waals surface area contributed by atoms with Gasteiger partial charge in [-0.1, -0.05) is 27.5 Å². The number of carbonyl (C=O) groups excluding carboxylic acids is 1. The predicted octanol–water partition coefficient (Wildman–Crippen LogP) is 5.28. The Kier molecular flexibility index (Phi) is 5.14. The highest BCUT2D eigenvalue weighted by Gasteiger charge is 2.33. The molecule has 0 heterocycles. The van der Waals surface area contributed by atoms with Gasteiger partial charge in [0.2, 0.25) is 0 Å². The molecule has 0 bridgehead atoms. The lowest BCUT2D eigenvalue weighted by Gasteiger charge is -2.12. The highest BCUT2D eigenvalue weighted by molar-refractivity contribution is 9.10. The first-order valence-corrected chi connectivity index (χ1v) is 7.38. The summed E-state index contributed by atoms with van der Waals surface area (Å²) in [7, 11) is 0. The molecule has 2 rings (SSSR count). The smallest absolute Gasteiger partial charge is 0.322 e. The van der Waals surface area contributed by atoms with Crippen LogP contribution in [0.4, 0.5) is 24.5 Å². The molecular formula is C14H7BrClF3N2O3. The number of anilines is 1. The average Bonchev–Trinajstić information content (AvgIpc) is 2.47. The van der Waals surface area contributed by atoms with Gasteiger partial charge in [0.05, 0.1) is 21.1 Å². The molecule has 0 radical (unpaired) electrons. The summed E-state index contributed by atoms with van der Waals surface area (Å²) in [5, 5.41) is 12.7. The van der Waals surface area contributed by atoms with Crippen molar-refractivity contribution in [3.8, 4) is 0 Å². The molecule has 0 aliphatic carbocycles. The summed E-state index contributed by atoms with van der Waals surface area (Å²) in [6, 6.07) is 6.37. The SMILES string of the molecule is O=C(Nc1ccc(Br)c(C(F)(F)F)c1)c1ccc([N+](=O)[O-])cc1Cl. The monoisotopic (exact) mass is 422 g/mol. The van der Waals surface area contributed by atoms with Crippen molar-refractivity contribution in [3.63, 3.8) is 0 Å². The summed E-state index contributed by atoms with van der Waals surface area (Å²) in [5.74, 6) is -0.787. The zero-order chi connectivity index (χ0) is 18.1. The summed E-state index contributed by atoms with van der Waals surface area (Å²) in [4.78, 5) is 22.0. The van der Waals surface area contributed by atoms with Gasteiger partial charge in [0.25, 0.3) is 11.6 Å². The Bertz CT molecular complexity index is 827. The molecule has 126 valence electrons. The molecule has 24 heavy (non-hydrogen) atoms. The maximum Gasteiger partial charge on any atom is 0.417 e. The normalized spacial score (nSPS) is 11.2. The number of halogens is 5. The minimum atomic E-state index is -4.59. The highest BCUT2D eigenvalue weighted by atomic mass is 79.9. The summed E-state index contributed by atoms with van der Waals surface area (Å²) >= 11 is 8.60. The van der Waals surface area contributed by atoms with E-state index in [1.807, 2.05) is 0 Å². The van der Waals surface area contributed by atoms with Crippen LogP contribution in [0, 0.1) is 10.1 Å². The van der Waals surface area contributed by atoms with E-state index >= 15 is 0 Å². The molecule has 0 atom stereocenters. The van der Waals surface area contributed by atoms with Gasteiger partial charge in [-0.25, -0.2) is 0 Å². The van der Waals surface area contributed by atoms with Gasteiger partial charge in [-0.3, -0.25) is 14.9 Å². The Balaban J connectivity index is 2.29. The van der Waals surface area contributed by atoms with E-state index in [0.717, 1.165) is 30.3 Å². The van der Waals surface area contributed by atoms with Crippen LogP contribution >= 0.6 is 27.5 Å². The average molecular weight is 424 g/mol. The lowest BCUT2D eigenvalue weighted by Crippen LogP contribution is -2.14. The number of rotatable bonds is 3. The number of hydrogen-bond donors (Lipinski definition) is 1. The molecule has 10 heteroatoms. The number of amides is 1. The molecule has 0 aliphatic heterocycles. The number of alkyl halides is 3. The third kappa shape index (κ3) is 4.04. The first-order valence-electron chi connectivity index (χ1n) is 6.21. The van der Waals surface area contributed by atoms with Crippen LogP contribution < -0.4 is 5.32 Å². The highest BCUT2D eigenvalue weighted by Crippen LogP contribution is 2.36. The number of non-ortho nitro benzene ring substituents is 1. The Morgan fingerprint density at radius 1 is 1.21 bits per heavy atom. The molecule has 0 saturated carbocycles. The van der Waals surface area contributed by atoms with Crippen LogP contribution in [0.1, 0.15) is 15.9 Å². The Morgan fingerprint density at radius 2 is 1.88 bits per heavy atom. The first-order chi connectivity index (χ1) is 11.1. The van der Waals surface area contributed by atoms with E-state index in [0.29, 0.717) is 0 Å². The van der Waals surface area contributed by atoms with E-state index in [9.17, 15) is 28.1 Å². The molecule has 0 aliphatic rings. The number of nitrogens with zero attached hydrogens (tertiary/aromatic N) is 1. The largest absolute Gasteiger partial charge is 0.417 e. The second-order valence-corrected chi connectivity index (χ2v) is 5.83. The number of nitrogens with one attached hydrogen (secondary N) is 1. The van der Waals surface area contributed by atoms with Gasteiger partial charge in [-0.05, 0) is 24.3 Å². The summed E-state index contributed by atoms with van der Waals surface area (Å²) < 4.78 is 38.4. The van der Waals surface area contributed by atoms with Crippen LogP contribution in [0.2, 0.25) is 5.02 Å². The summed E-state index contributed by atoms with van der Waals surface area (Å²) in [5.41, 5.74) is -1.45. The lowest BCUT2D eigenvalue weighted by molar-refractivity contribution is -0.384. The van der Waals surface area contributed by atoms with E-state index in [4.69, 9.17) is 11.6 Å². The van der Waals surface area contributed by atoms with E-state index < -0.39 is 22.6 Å². The maximum absolute atomic E-state index is 12.8. The second-order valence-electron chi connectivity index (χ2n) is 4.57. The van der Waals surface area contributed by atoms with Crippen LogP contribution in [-0.2, 0) is 6.18 Å². The summed E-state index contributed by atoms with van der Waals surface area (Å²) in [6.45, 7) is 0. The first kappa shape index (κ1) is 18.2. The molecule has 1 N–H and O–H groups in total. The molecule has 0 saturated heterocycles. The van der Waals surface area contributed by atoms with Crippen molar-refractivity contribution in [2.75, 3.05) is 5.32 Å². The van der Waals surface area contributed by atoms with Gasteiger partial charge in [0.15, 0.2) is 0 Å². The second kappa shape index (κ2) is 6.78. The van der Waals surface area contributed by atoms with Crippen molar-refractivity contribution in [1.29, 1.82) is 0 Å². The van der Waals surface area contributed by atoms with Gasteiger partial charge in [0.1, 0.15) is 0 Å². The van der Waals surface area contributed by atoms with Gasteiger partial charge >= 0.3 is 6.18 Å². The molecule has 2 aromatic carbocycles. The van der Waals surface area contributed by atoms with Gasteiger partial charge < -0.3 is 5.32 Å². The lowest BCUT2D eigenvalue weighted by atomic mass is 10.1. The van der Waals surface area contributed by atoms with Gasteiger partial charge in [-0.15, -0.1) is 0 Å². The minimum absolute atomic E-state index is 0.0926. The topological polar surface area (TPSA) is 72.2 Å². The zero-order valence-electron chi connectivity index (χ0n) is 11.5. The van der Waals surface area contributed by atoms with E-state index in [-0.39, 0.29) is 26.4 Å². The van der Waals surface area contributed by atoms with Crippen molar-refractivity contribution >= 4 is 44.8 Å². The molecule has 0 unspecified atom stereocenters. The Labute approximate surface area is 146 Å². The van der Waals surface area contributed by atoms with Crippen molar-refractivity contribution in [1.82, 2.24) is 0 Å². The quantitative estimate of drug-likeness (QED) is 0.539. The summed E-state index contributed by atoms with van der Waals surface area (Å²) in [6.07, 6.45) is -4.59. The standard InChI is InChI=1S/C14H7BrClF3N2O3/c15-11-4-1-7(5-10(11)14(17,18)19)20-13(22)9-3-2-8(21(23)24)6-12(9)16/h1-6H,(H,20,22). The fourth-order valence-electron chi connectivity index (χ4n) is 1.82. The fraction of sp³-hybridized carbons (Fsp3) is 0.0714. The van der Waals surface area contributed by atoms with Crippen LogP contribution in [-0.4, -0.2) is 10.8 Å². The number of nitro benzene ring substituents is 1. The molecule has 2 aromatic rings. The van der Waals surface area contributed by atoms with E-state index in [2.05, 4.69) is 21.2 Å². The molecule has 0 aromatic heterocycles. The van der Waals surface area contributed by atoms with Crippen molar-refractivity contribution in [2.24, 2.45) is 0 Å². The van der Waals surface area contributed by atoms with Crippen LogP contribution in [0.5, 0.6) is 0 Å². The number of benzene rings is 2. The fourth-order valence-corrected chi connectivity index (χ4v) is 2.55. The molecule has 1 amide bonds. The van der Waals surface area contributed by atoms with Gasteiger partial charge in [-0.2, -0.15) is 13.2 Å². The Hall–Kier alpha value is -2.13. The number of nitro groups is 1. The number of hydrogen-bond acceptors (Lipinski definition) is 3. The van der Waals surface area contributed by atoms with E-state index in [1.54, 1.807) is 0 Å². The van der Waals surface area contributed by atoms with Crippen molar-refractivity contribution < 1.29 is 22.9 Å².